The Hall–Kier alpha value is 0.0600. The van der Waals surface area contributed by atoms with E-state index in [1.165, 1.54) is 6.08 Å². The summed E-state index contributed by atoms with van der Waals surface area (Å²) in [5.41, 5.74) is 0. The van der Waals surface area contributed by atoms with Crippen molar-refractivity contribution >= 4 is 8.81 Å². The maximum absolute atomic E-state index is 10.9. The third-order valence-electron chi connectivity index (χ3n) is 0.298. The predicted molar refractivity (Wildman–Crippen MR) is 25.6 cm³/mol. The van der Waals surface area contributed by atoms with Crippen molar-refractivity contribution in [1.29, 1.82) is 0 Å². The van der Waals surface area contributed by atoms with Gasteiger partial charge in [0.15, 0.2) is 0 Å². The van der Waals surface area contributed by atoms with E-state index in [1.54, 1.807) is 0 Å². The number of rotatable bonds is 2. The highest BCUT2D eigenvalue weighted by molar-refractivity contribution is 7.31. The van der Waals surface area contributed by atoms with Gasteiger partial charge in [-0.2, -0.15) is 0 Å². The highest BCUT2D eigenvalue weighted by atomic mass is 31.1. The highest BCUT2D eigenvalue weighted by Crippen LogP contribution is 1.98. The largest absolute Gasteiger partial charge is 0.377 e. The molecule has 0 fully saturated rings. The maximum Gasteiger partial charge on any atom is 0.0831 e. The molecule has 0 aliphatic rings. The monoisotopic (exact) mass is 108 g/mol. The van der Waals surface area contributed by atoms with E-state index >= 15 is 0 Å². The summed E-state index contributed by atoms with van der Waals surface area (Å²) in [7, 11) is -0.162. The second kappa shape index (κ2) is 5.06. The summed E-state index contributed by atoms with van der Waals surface area (Å²) in [5, 5.41) is 0. The smallest absolute Gasteiger partial charge is 0.0831 e. The molecule has 0 aromatic heterocycles. The van der Waals surface area contributed by atoms with Crippen LogP contribution in [-0.2, 0) is 0 Å². The van der Waals surface area contributed by atoms with Crippen LogP contribution >= 0.6 is 8.81 Å². The molecule has 0 heterocycles. The molecule has 0 amide bonds. The Morgan fingerprint density at radius 3 is 2.67 bits per heavy atom. The molecule has 3 heteroatoms. The quantitative estimate of drug-likeness (QED) is 0.524. The zero-order valence-electron chi connectivity index (χ0n) is 3.19. The molecule has 6 heavy (non-hydrogen) atoms. The van der Waals surface area contributed by atoms with Crippen LogP contribution < -0.4 is 0 Å². The molecule has 1 atom stereocenters. The van der Waals surface area contributed by atoms with Crippen LogP contribution in [0.2, 0.25) is 0 Å². The summed E-state index contributed by atoms with van der Waals surface area (Å²) in [6, 6.07) is 0. The van der Waals surface area contributed by atoms with E-state index in [1.807, 2.05) is 0 Å². The van der Waals surface area contributed by atoms with Gasteiger partial charge < -0.3 is 4.89 Å². The van der Waals surface area contributed by atoms with Crippen molar-refractivity contribution < 1.29 is 9.28 Å². The Kier molecular flexibility index (Phi) is 5.11. The molecule has 0 spiro atoms. The van der Waals surface area contributed by atoms with Crippen LogP contribution in [-0.4, -0.2) is 11.1 Å². The van der Waals surface area contributed by atoms with Gasteiger partial charge in [-0.1, -0.05) is 0 Å². The Morgan fingerprint density at radius 2 is 2.50 bits per heavy atom. The average Bonchev–Trinajstić information content (AvgIpc) is 1.61. The van der Waals surface area contributed by atoms with Gasteiger partial charge in [-0.25, -0.2) is 4.39 Å². The topological polar surface area (TPSA) is 20.2 Å². The van der Waals surface area contributed by atoms with Gasteiger partial charge in [0.05, 0.1) is 6.33 Å². The SMILES string of the molecule is OPCC=CF. The summed E-state index contributed by atoms with van der Waals surface area (Å²) < 4.78 is 10.9. The van der Waals surface area contributed by atoms with Gasteiger partial charge in [0.1, 0.15) is 0 Å². The molecule has 0 aliphatic carbocycles. The summed E-state index contributed by atoms with van der Waals surface area (Å²) in [5.74, 6) is 0. The Balaban J connectivity index is 2.66. The van der Waals surface area contributed by atoms with Gasteiger partial charge >= 0.3 is 0 Å². The first-order chi connectivity index (χ1) is 2.91. The molecule has 1 unspecified atom stereocenters. The average molecular weight is 108 g/mol. The van der Waals surface area contributed by atoms with Crippen molar-refractivity contribution in [3.8, 4) is 0 Å². The molecule has 0 rings (SSSR count). The van der Waals surface area contributed by atoms with Gasteiger partial charge in [0.2, 0.25) is 0 Å². The summed E-state index contributed by atoms with van der Waals surface area (Å²) in [6.45, 7) is 0. The molecule has 36 valence electrons. The normalized spacial score (nSPS) is 12.3. The lowest BCUT2D eigenvalue weighted by Gasteiger charge is -1.75. The Bertz CT molecular complexity index is 46.1. The van der Waals surface area contributed by atoms with Gasteiger partial charge in [-0.05, 0) is 6.08 Å². The van der Waals surface area contributed by atoms with Crippen LogP contribution in [0.5, 0.6) is 0 Å². The molecule has 0 aliphatic heterocycles. The molecule has 1 N–H and O–H groups in total. The van der Waals surface area contributed by atoms with Gasteiger partial charge in [-0.3, -0.25) is 0 Å². The van der Waals surface area contributed by atoms with Crippen LogP contribution in [0.15, 0.2) is 12.4 Å². The molecule has 0 bridgehead atoms. The maximum atomic E-state index is 10.9. The van der Waals surface area contributed by atoms with E-state index in [9.17, 15) is 4.39 Å². The molecular weight excluding hydrogens is 102 g/mol. The lowest BCUT2D eigenvalue weighted by Crippen LogP contribution is -1.57. The fourth-order valence-electron chi connectivity index (χ4n) is 0.0972. The van der Waals surface area contributed by atoms with E-state index in [2.05, 4.69) is 0 Å². The fraction of sp³-hybridized carbons (Fsp3) is 0.333. The lowest BCUT2D eigenvalue weighted by atomic mass is 10.7. The van der Waals surface area contributed by atoms with Crippen LogP contribution in [0.1, 0.15) is 0 Å². The Morgan fingerprint density at radius 1 is 1.83 bits per heavy atom. The minimum atomic E-state index is -0.162. The zero-order valence-corrected chi connectivity index (χ0v) is 4.19. The minimum Gasteiger partial charge on any atom is -0.377 e. The molecular formula is C3H6FOP. The van der Waals surface area contributed by atoms with E-state index in [-0.39, 0.29) is 8.81 Å². The van der Waals surface area contributed by atoms with E-state index in [0.717, 1.165) is 0 Å². The zero-order chi connectivity index (χ0) is 4.83. The molecule has 1 nitrogen and oxygen atoms in total. The van der Waals surface area contributed by atoms with Gasteiger partial charge in [0.25, 0.3) is 0 Å². The number of halogens is 1. The van der Waals surface area contributed by atoms with Gasteiger partial charge in [0, 0.05) is 15.0 Å². The second-order valence-electron chi connectivity index (χ2n) is 0.724. The third-order valence-corrected chi connectivity index (χ3v) is 0.717. The first-order valence-electron chi connectivity index (χ1n) is 1.54. The molecule has 0 radical (unpaired) electrons. The van der Waals surface area contributed by atoms with Crippen LogP contribution in [0.3, 0.4) is 0 Å². The molecule has 0 saturated carbocycles. The van der Waals surface area contributed by atoms with Crippen molar-refractivity contribution in [3.05, 3.63) is 12.4 Å². The summed E-state index contributed by atoms with van der Waals surface area (Å²) >= 11 is 0. The van der Waals surface area contributed by atoms with Crippen molar-refractivity contribution in [2.75, 3.05) is 6.16 Å². The van der Waals surface area contributed by atoms with Crippen molar-refractivity contribution in [3.63, 3.8) is 0 Å². The standard InChI is InChI=1S/C3H6FOP/c4-2-1-3-6-5/h1-2,5-6H,3H2. The van der Waals surface area contributed by atoms with Crippen molar-refractivity contribution in [2.24, 2.45) is 0 Å². The van der Waals surface area contributed by atoms with E-state index < -0.39 is 0 Å². The Labute approximate surface area is 37.7 Å². The van der Waals surface area contributed by atoms with Crippen LogP contribution in [0.4, 0.5) is 4.39 Å². The second-order valence-corrected chi connectivity index (χ2v) is 1.45. The number of allylic oxidation sites excluding steroid dienone is 1. The van der Waals surface area contributed by atoms with Crippen LogP contribution in [0.25, 0.3) is 0 Å². The first-order valence-corrected chi connectivity index (χ1v) is 2.69. The molecule has 0 aromatic carbocycles. The number of hydrogen-bond acceptors (Lipinski definition) is 1. The first kappa shape index (κ1) is 6.06. The van der Waals surface area contributed by atoms with Crippen molar-refractivity contribution in [2.45, 2.75) is 0 Å². The lowest BCUT2D eigenvalue weighted by molar-refractivity contribution is 0.647. The van der Waals surface area contributed by atoms with E-state index in [0.29, 0.717) is 12.5 Å². The minimum absolute atomic E-state index is 0.162. The van der Waals surface area contributed by atoms with Crippen molar-refractivity contribution in [1.82, 2.24) is 0 Å². The molecule has 0 saturated heterocycles. The van der Waals surface area contributed by atoms with Gasteiger partial charge in [-0.15, -0.1) is 0 Å². The summed E-state index contributed by atoms with van der Waals surface area (Å²) in [6.07, 6.45) is 2.15. The van der Waals surface area contributed by atoms with Crippen LogP contribution in [0, 0.1) is 0 Å². The highest BCUT2D eigenvalue weighted by Gasteiger charge is 1.67. The van der Waals surface area contributed by atoms with E-state index in [4.69, 9.17) is 4.89 Å². The fourth-order valence-corrected chi connectivity index (χ4v) is 0.292. The molecule has 0 aromatic rings. The predicted octanol–water partition coefficient (Wildman–Crippen LogP) is 1.06. The number of hydrogen-bond donors (Lipinski definition) is 1. The third kappa shape index (κ3) is 4.06. The summed E-state index contributed by atoms with van der Waals surface area (Å²) in [4.78, 5) is 8.01.